The molecule has 0 aliphatic rings. The average Bonchev–Trinajstić information content (AvgIpc) is 2.50. The lowest BCUT2D eigenvalue weighted by Crippen LogP contribution is -2.03. The largest absolute Gasteiger partial charge is 0.380 e. The standard InChI is InChI=1S/C17H14ClFN2/c1-11-4-7-16(14-3-2-8-20-17(11)14)21-10-12-9-13(18)5-6-15(12)19/h2-9,21H,10H2,1H3. The molecule has 3 rings (SSSR count). The predicted molar refractivity (Wildman–Crippen MR) is 85.2 cm³/mol. The highest BCUT2D eigenvalue weighted by Gasteiger charge is 2.06. The van der Waals surface area contributed by atoms with Crippen LogP contribution in [0.15, 0.2) is 48.7 Å². The number of rotatable bonds is 3. The molecule has 21 heavy (non-hydrogen) atoms. The molecule has 3 aromatic rings. The molecule has 2 nitrogen and oxygen atoms in total. The number of hydrogen-bond acceptors (Lipinski definition) is 2. The van der Waals surface area contributed by atoms with Gasteiger partial charge in [-0.3, -0.25) is 4.98 Å². The van der Waals surface area contributed by atoms with Gasteiger partial charge in [0.15, 0.2) is 0 Å². The Bertz CT molecular complexity index is 802. The Balaban J connectivity index is 1.92. The van der Waals surface area contributed by atoms with E-state index in [1.165, 1.54) is 6.07 Å². The first-order valence-corrected chi connectivity index (χ1v) is 7.05. The Kier molecular flexibility index (Phi) is 3.76. The minimum Gasteiger partial charge on any atom is -0.380 e. The van der Waals surface area contributed by atoms with Gasteiger partial charge in [0.25, 0.3) is 0 Å². The molecule has 0 atom stereocenters. The molecule has 0 saturated carbocycles. The molecule has 0 spiro atoms. The van der Waals surface area contributed by atoms with E-state index in [1.807, 2.05) is 31.2 Å². The third-order valence-corrected chi connectivity index (χ3v) is 3.68. The molecule has 0 fully saturated rings. The van der Waals surface area contributed by atoms with Crippen LogP contribution >= 0.6 is 11.6 Å². The molecule has 1 aromatic heterocycles. The molecule has 0 aliphatic carbocycles. The van der Waals surface area contributed by atoms with Gasteiger partial charge >= 0.3 is 0 Å². The lowest BCUT2D eigenvalue weighted by molar-refractivity contribution is 0.613. The number of benzene rings is 2. The van der Waals surface area contributed by atoms with Crippen LogP contribution in [0, 0.1) is 12.7 Å². The Morgan fingerprint density at radius 2 is 2.05 bits per heavy atom. The summed E-state index contributed by atoms with van der Waals surface area (Å²) >= 11 is 5.91. The van der Waals surface area contributed by atoms with Crippen LogP contribution in [-0.4, -0.2) is 4.98 Å². The first-order chi connectivity index (χ1) is 10.1. The van der Waals surface area contributed by atoms with Gasteiger partial charge in [0.2, 0.25) is 0 Å². The highest BCUT2D eigenvalue weighted by molar-refractivity contribution is 6.30. The summed E-state index contributed by atoms with van der Waals surface area (Å²) in [5, 5.41) is 4.82. The molecule has 0 amide bonds. The number of anilines is 1. The predicted octanol–water partition coefficient (Wildman–Crippen LogP) is 4.95. The molecule has 106 valence electrons. The van der Waals surface area contributed by atoms with Crippen molar-refractivity contribution in [2.45, 2.75) is 13.5 Å². The number of nitrogens with one attached hydrogen (secondary N) is 1. The third-order valence-electron chi connectivity index (χ3n) is 3.45. The van der Waals surface area contributed by atoms with Gasteiger partial charge in [-0.05, 0) is 48.9 Å². The van der Waals surface area contributed by atoms with Crippen molar-refractivity contribution in [3.63, 3.8) is 0 Å². The number of pyridine rings is 1. The number of hydrogen-bond donors (Lipinski definition) is 1. The maximum absolute atomic E-state index is 13.7. The van der Waals surface area contributed by atoms with Crippen LogP contribution in [0.2, 0.25) is 5.02 Å². The Morgan fingerprint density at radius 3 is 2.90 bits per heavy atom. The second kappa shape index (κ2) is 5.70. The van der Waals surface area contributed by atoms with E-state index in [0.29, 0.717) is 17.1 Å². The number of halogens is 2. The van der Waals surface area contributed by atoms with Crippen molar-refractivity contribution in [1.29, 1.82) is 0 Å². The van der Waals surface area contributed by atoms with Crippen molar-refractivity contribution in [1.82, 2.24) is 4.98 Å². The van der Waals surface area contributed by atoms with Crippen molar-refractivity contribution in [2.24, 2.45) is 0 Å². The minimum atomic E-state index is -0.263. The van der Waals surface area contributed by atoms with Gasteiger partial charge in [-0.2, -0.15) is 0 Å². The summed E-state index contributed by atoms with van der Waals surface area (Å²) in [6, 6.07) is 12.5. The fourth-order valence-electron chi connectivity index (χ4n) is 2.34. The molecule has 0 saturated heterocycles. The fourth-order valence-corrected chi connectivity index (χ4v) is 2.53. The number of aryl methyl sites for hydroxylation is 1. The number of nitrogens with zero attached hydrogens (tertiary/aromatic N) is 1. The summed E-state index contributed by atoms with van der Waals surface area (Å²) in [6.45, 7) is 2.40. The van der Waals surface area contributed by atoms with Gasteiger partial charge in [0, 0.05) is 34.4 Å². The van der Waals surface area contributed by atoms with Crippen molar-refractivity contribution < 1.29 is 4.39 Å². The van der Waals surface area contributed by atoms with Crippen molar-refractivity contribution in [3.8, 4) is 0 Å². The van der Waals surface area contributed by atoms with E-state index in [-0.39, 0.29) is 5.82 Å². The number of fused-ring (bicyclic) bond motifs is 1. The van der Waals surface area contributed by atoms with Gasteiger partial charge in [-0.25, -0.2) is 4.39 Å². The molecular weight excluding hydrogens is 287 g/mol. The Morgan fingerprint density at radius 1 is 1.19 bits per heavy atom. The lowest BCUT2D eigenvalue weighted by Gasteiger charge is -2.11. The quantitative estimate of drug-likeness (QED) is 0.740. The van der Waals surface area contributed by atoms with Gasteiger partial charge in [-0.15, -0.1) is 0 Å². The smallest absolute Gasteiger partial charge is 0.128 e. The maximum Gasteiger partial charge on any atom is 0.128 e. The van der Waals surface area contributed by atoms with Crippen LogP contribution < -0.4 is 5.32 Å². The normalized spacial score (nSPS) is 10.8. The molecule has 0 radical (unpaired) electrons. The van der Waals surface area contributed by atoms with E-state index in [1.54, 1.807) is 18.3 Å². The molecule has 0 unspecified atom stereocenters. The third kappa shape index (κ3) is 2.83. The Hall–Kier alpha value is -2.13. The van der Waals surface area contributed by atoms with Crippen LogP contribution in [0.3, 0.4) is 0 Å². The second-order valence-electron chi connectivity index (χ2n) is 4.92. The van der Waals surface area contributed by atoms with E-state index in [0.717, 1.165) is 22.2 Å². The summed E-state index contributed by atoms with van der Waals surface area (Å²) in [4.78, 5) is 4.39. The highest BCUT2D eigenvalue weighted by Crippen LogP contribution is 2.25. The summed E-state index contributed by atoms with van der Waals surface area (Å²) in [6.07, 6.45) is 1.77. The van der Waals surface area contributed by atoms with Crippen LogP contribution in [0.5, 0.6) is 0 Å². The molecule has 0 bridgehead atoms. The first kappa shape index (κ1) is 13.8. The molecule has 2 aromatic carbocycles. The molecular formula is C17H14ClFN2. The number of aromatic nitrogens is 1. The summed E-state index contributed by atoms with van der Waals surface area (Å²) < 4.78 is 13.7. The van der Waals surface area contributed by atoms with Crippen LogP contribution in [-0.2, 0) is 6.54 Å². The monoisotopic (exact) mass is 300 g/mol. The first-order valence-electron chi connectivity index (χ1n) is 6.67. The summed E-state index contributed by atoms with van der Waals surface area (Å²) in [5.74, 6) is -0.263. The molecule has 1 heterocycles. The van der Waals surface area contributed by atoms with Gasteiger partial charge in [0.1, 0.15) is 5.82 Å². The molecule has 0 aliphatic heterocycles. The average molecular weight is 301 g/mol. The zero-order valence-electron chi connectivity index (χ0n) is 11.5. The van der Waals surface area contributed by atoms with Gasteiger partial charge in [-0.1, -0.05) is 17.7 Å². The van der Waals surface area contributed by atoms with E-state index in [4.69, 9.17) is 11.6 Å². The minimum absolute atomic E-state index is 0.263. The van der Waals surface area contributed by atoms with Crippen LogP contribution in [0.4, 0.5) is 10.1 Å². The van der Waals surface area contributed by atoms with Crippen molar-refractivity contribution in [2.75, 3.05) is 5.32 Å². The SMILES string of the molecule is Cc1ccc(NCc2cc(Cl)ccc2F)c2cccnc12. The summed E-state index contributed by atoms with van der Waals surface area (Å²) in [7, 11) is 0. The van der Waals surface area contributed by atoms with E-state index in [9.17, 15) is 4.39 Å². The zero-order valence-corrected chi connectivity index (χ0v) is 12.3. The van der Waals surface area contributed by atoms with Crippen molar-refractivity contribution >= 4 is 28.2 Å². The maximum atomic E-state index is 13.7. The van der Waals surface area contributed by atoms with Gasteiger partial charge in [0.05, 0.1) is 5.52 Å². The second-order valence-corrected chi connectivity index (χ2v) is 5.36. The Labute approximate surface area is 127 Å². The lowest BCUT2D eigenvalue weighted by atomic mass is 10.1. The van der Waals surface area contributed by atoms with Crippen LogP contribution in [0.25, 0.3) is 10.9 Å². The molecule has 4 heteroatoms. The van der Waals surface area contributed by atoms with E-state index in [2.05, 4.69) is 10.3 Å². The zero-order chi connectivity index (χ0) is 14.8. The fraction of sp³-hybridized carbons (Fsp3) is 0.118. The topological polar surface area (TPSA) is 24.9 Å². The van der Waals surface area contributed by atoms with Gasteiger partial charge < -0.3 is 5.32 Å². The van der Waals surface area contributed by atoms with E-state index >= 15 is 0 Å². The van der Waals surface area contributed by atoms with Crippen LogP contribution in [0.1, 0.15) is 11.1 Å². The van der Waals surface area contributed by atoms with E-state index < -0.39 is 0 Å². The molecule has 1 N–H and O–H groups in total. The highest BCUT2D eigenvalue weighted by atomic mass is 35.5. The van der Waals surface area contributed by atoms with Crippen molar-refractivity contribution in [3.05, 3.63) is 70.6 Å². The summed E-state index contributed by atoms with van der Waals surface area (Å²) in [5.41, 5.74) is 3.54.